The number of amides is 1. The third-order valence-corrected chi connectivity index (χ3v) is 8.33. The van der Waals surface area contributed by atoms with Crippen LogP contribution in [0, 0.1) is 5.82 Å². The highest BCUT2D eigenvalue weighted by Gasteiger charge is 2.40. The van der Waals surface area contributed by atoms with E-state index in [1.165, 1.54) is 12.0 Å². The van der Waals surface area contributed by atoms with Crippen molar-refractivity contribution in [2.75, 3.05) is 37.4 Å². The molecular formula is C27H27ClF5N7O3. The minimum Gasteiger partial charge on any atom is -0.467 e. The van der Waals surface area contributed by atoms with Crippen molar-refractivity contribution in [3.63, 3.8) is 0 Å². The average molecular weight is 628 g/mol. The Morgan fingerprint density at radius 1 is 1.21 bits per heavy atom. The zero-order chi connectivity index (χ0) is 30.6. The van der Waals surface area contributed by atoms with Gasteiger partial charge in [0.1, 0.15) is 12.0 Å². The number of nitrogen functional groups attached to an aromatic ring is 1. The van der Waals surface area contributed by atoms with Gasteiger partial charge in [0.2, 0.25) is 0 Å². The molecule has 0 radical (unpaired) electrons. The molecule has 2 atom stereocenters. The molecule has 2 N–H and O–H groups in total. The number of nitrogens with zero attached hydrogens (tertiary/aromatic N) is 6. The Hall–Kier alpha value is -3.72. The second kappa shape index (κ2) is 11.1. The molecular weight excluding hydrogens is 601 g/mol. The summed E-state index contributed by atoms with van der Waals surface area (Å²) in [5.74, 6) is -1.23. The number of aromatic nitrogens is 4. The number of nitrogens with two attached hydrogens (primary N) is 1. The molecule has 0 aliphatic carbocycles. The molecule has 10 nitrogen and oxygen atoms in total. The van der Waals surface area contributed by atoms with Crippen LogP contribution in [-0.4, -0.2) is 63.5 Å². The molecule has 3 aliphatic rings. The second-order valence-corrected chi connectivity index (χ2v) is 11.0. The van der Waals surface area contributed by atoms with E-state index in [0.717, 1.165) is 12.1 Å². The van der Waals surface area contributed by atoms with Gasteiger partial charge in [-0.15, -0.1) is 0 Å². The quantitative estimate of drug-likeness (QED) is 0.333. The SMILES string of the molecule is COc1nc2c(c(N3CCCn4nc(C(=O)N5CCC(F)C5)c(Cl)c4C3)n1)COC(c1c(C(F)(F)F)ccc(N)c1F)C2. The maximum atomic E-state index is 15.0. The van der Waals surface area contributed by atoms with Crippen molar-refractivity contribution >= 4 is 29.0 Å². The summed E-state index contributed by atoms with van der Waals surface area (Å²) >= 11 is 6.67. The van der Waals surface area contributed by atoms with Gasteiger partial charge in [-0.25, -0.2) is 8.78 Å². The first kappa shape index (κ1) is 29.4. The molecule has 3 aliphatic heterocycles. The lowest BCUT2D eigenvalue weighted by molar-refractivity contribution is -0.140. The Labute approximate surface area is 247 Å². The topological polar surface area (TPSA) is 112 Å². The number of rotatable bonds is 4. The maximum Gasteiger partial charge on any atom is 0.416 e. The minimum absolute atomic E-state index is 0.0126. The number of carbonyl (C=O) groups excluding carboxylic acids is 1. The zero-order valence-electron chi connectivity index (χ0n) is 22.9. The van der Waals surface area contributed by atoms with Crippen LogP contribution in [-0.2, 0) is 37.0 Å². The number of halogens is 6. The van der Waals surface area contributed by atoms with Crippen molar-refractivity contribution in [3.8, 4) is 6.01 Å². The van der Waals surface area contributed by atoms with Crippen molar-refractivity contribution in [1.29, 1.82) is 0 Å². The van der Waals surface area contributed by atoms with Crippen LogP contribution in [0.15, 0.2) is 12.1 Å². The molecule has 0 spiro atoms. The molecule has 2 aromatic heterocycles. The van der Waals surface area contributed by atoms with E-state index in [1.807, 2.05) is 4.90 Å². The molecule has 16 heteroatoms. The van der Waals surface area contributed by atoms with Crippen LogP contribution in [0.5, 0.6) is 6.01 Å². The van der Waals surface area contributed by atoms with E-state index in [-0.39, 0.29) is 55.8 Å². The summed E-state index contributed by atoms with van der Waals surface area (Å²) < 4.78 is 83.0. The number of hydrogen-bond acceptors (Lipinski definition) is 8. The van der Waals surface area contributed by atoms with Gasteiger partial charge in [-0.05, 0) is 25.0 Å². The number of aryl methyl sites for hydroxylation is 1. The summed E-state index contributed by atoms with van der Waals surface area (Å²) in [6.07, 6.45) is -6.59. The van der Waals surface area contributed by atoms with Crippen LogP contribution < -0.4 is 15.4 Å². The number of likely N-dealkylation sites (tertiary alicyclic amines) is 1. The summed E-state index contributed by atoms with van der Waals surface area (Å²) in [5, 5.41) is 4.60. The lowest BCUT2D eigenvalue weighted by Gasteiger charge is -2.31. The average Bonchev–Trinajstić information content (AvgIpc) is 3.46. The van der Waals surface area contributed by atoms with E-state index < -0.39 is 47.0 Å². The number of alkyl halides is 4. The molecule has 6 rings (SSSR count). The molecule has 1 amide bonds. The predicted molar refractivity (Wildman–Crippen MR) is 144 cm³/mol. The van der Waals surface area contributed by atoms with E-state index in [0.29, 0.717) is 42.3 Å². The molecule has 1 saturated heterocycles. The first-order valence-corrected chi connectivity index (χ1v) is 14.0. The van der Waals surface area contributed by atoms with Gasteiger partial charge in [0.05, 0.1) is 60.6 Å². The first-order valence-electron chi connectivity index (χ1n) is 13.6. The van der Waals surface area contributed by atoms with E-state index in [2.05, 4.69) is 15.1 Å². The van der Waals surface area contributed by atoms with Gasteiger partial charge < -0.3 is 25.0 Å². The highest BCUT2D eigenvalue weighted by molar-refractivity contribution is 6.34. The standard InChI is InChI=1S/C27H27ClF5N7O3/c1-42-26-35-17-9-19(20-15(27(31,32)33)3-4-16(34)22(20)30)43-12-14(17)24(36-26)38-6-2-7-40-18(11-38)21(28)23(37-40)25(41)39-8-5-13(29)10-39/h3-4,13,19H,2,5-12,34H2,1H3. The predicted octanol–water partition coefficient (Wildman–Crippen LogP) is 4.48. The van der Waals surface area contributed by atoms with Crippen LogP contribution in [0.2, 0.25) is 5.02 Å². The fraction of sp³-hybridized carbons (Fsp3) is 0.481. The third kappa shape index (κ3) is 5.32. The summed E-state index contributed by atoms with van der Waals surface area (Å²) in [5.41, 5.74) is 4.77. The molecule has 0 saturated carbocycles. The molecule has 230 valence electrons. The van der Waals surface area contributed by atoms with Crippen molar-refractivity contribution in [3.05, 3.63) is 56.7 Å². The number of methoxy groups -OCH3 is 1. The second-order valence-electron chi connectivity index (χ2n) is 10.6. The molecule has 2 unspecified atom stereocenters. The molecule has 1 aromatic carbocycles. The first-order chi connectivity index (χ1) is 20.5. The van der Waals surface area contributed by atoms with Gasteiger partial charge in [-0.2, -0.15) is 28.2 Å². The normalized spacial score (nSPS) is 20.5. The largest absolute Gasteiger partial charge is 0.467 e. The van der Waals surface area contributed by atoms with Crippen LogP contribution in [0.1, 0.15) is 57.5 Å². The minimum atomic E-state index is -4.83. The van der Waals surface area contributed by atoms with E-state index in [1.54, 1.807) is 4.68 Å². The summed E-state index contributed by atoms with van der Waals surface area (Å²) in [6.45, 7) is 1.17. The summed E-state index contributed by atoms with van der Waals surface area (Å²) in [4.78, 5) is 25.2. The van der Waals surface area contributed by atoms with Gasteiger partial charge >= 0.3 is 12.2 Å². The Bertz CT molecular complexity index is 1580. The maximum absolute atomic E-state index is 15.0. The fourth-order valence-corrected chi connectivity index (χ4v) is 6.07. The zero-order valence-corrected chi connectivity index (χ0v) is 23.7. The van der Waals surface area contributed by atoms with Crippen LogP contribution in [0.25, 0.3) is 0 Å². The van der Waals surface area contributed by atoms with Crippen molar-refractivity contribution in [1.82, 2.24) is 24.6 Å². The highest BCUT2D eigenvalue weighted by Crippen LogP contribution is 2.43. The van der Waals surface area contributed by atoms with Crippen LogP contribution in [0.4, 0.5) is 33.5 Å². The molecule has 0 bridgehead atoms. The highest BCUT2D eigenvalue weighted by atomic mass is 35.5. The van der Waals surface area contributed by atoms with Crippen molar-refractivity contribution < 1.29 is 36.2 Å². The molecule has 1 fully saturated rings. The molecule has 3 aromatic rings. The number of anilines is 2. The van der Waals surface area contributed by atoms with Gasteiger partial charge in [0.15, 0.2) is 11.5 Å². The summed E-state index contributed by atoms with van der Waals surface area (Å²) in [7, 11) is 1.36. The lowest BCUT2D eigenvalue weighted by atomic mass is 9.94. The van der Waals surface area contributed by atoms with Gasteiger partial charge in [0.25, 0.3) is 5.91 Å². The van der Waals surface area contributed by atoms with E-state index in [4.69, 9.17) is 26.8 Å². The number of hydrogen-bond donors (Lipinski definition) is 1. The van der Waals surface area contributed by atoms with Gasteiger partial charge in [-0.1, -0.05) is 11.6 Å². The van der Waals surface area contributed by atoms with Crippen molar-refractivity contribution in [2.45, 2.75) is 57.4 Å². The van der Waals surface area contributed by atoms with Crippen molar-refractivity contribution in [2.24, 2.45) is 0 Å². The fourth-order valence-electron chi connectivity index (χ4n) is 5.79. The summed E-state index contributed by atoms with van der Waals surface area (Å²) in [6, 6.07) is 1.58. The Balaban J connectivity index is 1.33. The third-order valence-electron chi connectivity index (χ3n) is 7.93. The number of benzene rings is 1. The Morgan fingerprint density at radius 3 is 2.70 bits per heavy atom. The number of ether oxygens (including phenoxy) is 2. The smallest absolute Gasteiger partial charge is 0.416 e. The monoisotopic (exact) mass is 627 g/mol. The molecule has 43 heavy (non-hydrogen) atoms. The van der Waals surface area contributed by atoms with Crippen LogP contribution >= 0.6 is 11.6 Å². The Morgan fingerprint density at radius 2 is 2.00 bits per heavy atom. The number of fused-ring (bicyclic) bond motifs is 2. The molecule has 5 heterocycles. The number of carbonyl (C=O) groups is 1. The lowest BCUT2D eigenvalue weighted by Crippen LogP contribution is -2.30. The van der Waals surface area contributed by atoms with E-state index in [9.17, 15) is 22.4 Å². The van der Waals surface area contributed by atoms with Gasteiger partial charge in [0, 0.05) is 37.2 Å². The van der Waals surface area contributed by atoms with Crippen LogP contribution in [0.3, 0.4) is 0 Å². The van der Waals surface area contributed by atoms with Gasteiger partial charge in [-0.3, -0.25) is 9.48 Å². The van der Waals surface area contributed by atoms with E-state index >= 15 is 4.39 Å². The Kier molecular flexibility index (Phi) is 7.57.